The average molecular weight is 325 g/mol. The summed E-state index contributed by atoms with van der Waals surface area (Å²) in [5.74, 6) is 0.109. The summed E-state index contributed by atoms with van der Waals surface area (Å²) in [4.78, 5) is 34.9. The Morgan fingerprint density at radius 1 is 1.26 bits per heavy atom. The van der Waals surface area contributed by atoms with Crippen LogP contribution in [-0.2, 0) is 9.53 Å². The zero-order valence-electron chi connectivity index (χ0n) is 14.3. The molecule has 2 aliphatic rings. The third kappa shape index (κ3) is 4.84. The highest BCUT2D eigenvalue weighted by molar-refractivity contribution is 6.06. The Morgan fingerprint density at radius 3 is 2.35 bits per heavy atom. The average Bonchev–Trinajstić information content (AvgIpc) is 2.62. The van der Waals surface area contributed by atoms with E-state index >= 15 is 0 Å². The molecule has 23 heavy (non-hydrogen) atoms. The molecule has 1 saturated heterocycles. The van der Waals surface area contributed by atoms with Gasteiger partial charge in [0.1, 0.15) is 11.1 Å². The number of nitrogens with one attached hydrogen (secondary N) is 3. The fraction of sp³-hybridized carbons (Fsp3) is 0.812. The minimum Gasteiger partial charge on any atom is -0.444 e. The molecule has 130 valence electrons. The largest absolute Gasteiger partial charge is 0.444 e. The van der Waals surface area contributed by atoms with Gasteiger partial charge in [-0.1, -0.05) is 0 Å². The lowest BCUT2D eigenvalue weighted by atomic mass is 9.78. The van der Waals surface area contributed by atoms with E-state index in [1.807, 2.05) is 20.8 Å². The number of imide groups is 1. The van der Waals surface area contributed by atoms with E-state index in [2.05, 4.69) is 16.0 Å². The Bertz CT molecular complexity index is 492. The van der Waals surface area contributed by atoms with Crippen LogP contribution < -0.4 is 16.0 Å². The summed E-state index contributed by atoms with van der Waals surface area (Å²) in [5, 5.41) is 7.90. The molecule has 2 rings (SSSR count). The highest BCUT2D eigenvalue weighted by Gasteiger charge is 2.43. The van der Waals surface area contributed by atoms with E-state index in [-0.39, 0.29) is 18.0 Å². The number of alkyl carbamates (subject to hydrolysis) is 1. The lowest BCUT2D eigenvalue weighted by molar-refractivity contribution is -0.124. The second kappa shape index (κ2) is 6.37. The van der Waals surface area contributed by atoms with Crippen LogP contribution in [0.3, 0.4) is 0 Å². The smallest absolute Gasteiger partial charge is 0.407 e. The molecule has 0 radical (unpaired) electrons. The molecular weight excluding hydrogens is 298 g/mol. The van der Waals surface area contributed by atoms with E-state index in [0.717, 1.165) is 25.7 Å². The van der Waals surface area contributed by atoms with E-state index in [4.69, 9.17) is 4.74 Å². The van der Waals surface area contributed by atoms with Gasteiger partial charge in [-0.15, -0.1) is 0 Å². The summed E-state index contributed by atoms with van der Waals surface area (Å²) in [6.45, 7) is 7.28. The van der Waals surface area contributed by atoms with Crippen LogP contribution in [0.25, 0.3) is 0 Å². The molecule has 7 nitrogen and oxygen atoms in total. The summed E-state index contributed by atoms with van der Waals surface area (Å²) in [7, 11) is 0. The van der Waals surface area contributed by atoms with Gasteiger partial charge in [0.15, 0.2) is 0 Å². The van der Waals surface area contributed by atoms with Crippen molar-refractivity contribution in [3.8, 4) is 0 Å². The lowest BCUT2D eigenvalue weighted by Gasteiger charge is -2.33. The first-order chi connectivity index (χ1) is 10.6. The number of hydrogen-bond donors (Lipinski definition) is 3. The summed E-state index contributed by atoms with van der Waals surface area (Å²) >= 11 is 0. The highest BCUT2D eigenvalue weighted by atomic mass is 16.6. The van der Waals surface area contributed by atoms with Crippen LogP contribution in [-0.4, -0.2) is 35.2 Å². The molecule has 0 aromatic rings. The zero-order chi connectivity index (χ0) is 17.3. The SMILES string of the molecule is CC(C)(C)OC(=O)NC1CCC(CC2(C)NC(=O)NC2=O)CC1. The molecule has 1 unspecified atom stereocenters. The van der Waals surface area contributed by atoms with Crippen LogP contribution in [0.2, 0.25) is 0 Å². The molecule has 0 bridgehead atoms. The van der Waals surface area contributed by atoms with Crippen molar-refractivity contribution in [2.75, 3.05) is 0 Å². The molecule has 1 saturated carbocycles. The van der Waals surface area contributed by atoms with Crippen LogP contribution in [0.4, 0.5) is 9.59 Å². The molecule has 1 aliphatic carbocycles. The number of amides is 4. The van der Waals surface area contributed by atoms with Gasteiger partial charge in [-0.2, -0.15) is 0 Å². The van der Waals surface area contributed by atoms with Crippen molar-refractivity contribution in [1.82, 2.24) is 16.0 Å². The third-order valence-electron chi connectivity index (χ3n) is 4.38. The standard InChI is InChI=1S/C16H27N3O4/c1-15(2,3)23-14(22)17-11-7-5-10(6-8-11)9-16(4)12(20)18-13(21)19-16/h10-11H,5-9H2,1-4H3,(H,17,22)(H2,18,19,20,21). The van der Waals surface area contributed by atoms with E-state index in [9.17, 15) is 14.4 Å². The molecule has 1 atom stereocenters. The van der Waals surface area contributed by atoms with Gasteiger partial charge >= 0.3 is 12.1 Å². The molecule has 0 aromatic heterocycles. The van der Waals surface area contributed by atoms with Crippen LogP contribution >= 0.6 is 0 Å². The number of urea groups is 1. The molecular formula is C16H27N3O4. The van der Waals surface area contributed by atoms with Crippen molar-refractivity contribution >= 4 is 18.0 Å². The van der Waals surface area contributed by atoms with E-state index in [1.54, 1.807) is 6.92 Å². The Kier molecular flexibility index (Phi) is 4.87. The van der Waals surface area contributed by atoms with Gasteiger partial charge in [0.2, 0.25) is 0 Å². The van der Waals surface area contributed by atoms with Gasteiger partial charge in [0.05, 0.1) is 0 Å². The van der Waals surface area contributed by atoms with E-state index in [0.29, 0.717) is 12.3 Å². The Labute approximate surface area is 136 Å². The number of carbonyl (C=O) groups is 3. The molecule has 7 heteroatoms. The maximum atomic E-state index is 11.9. The first kappa shape index (κ1) is 17.6. The van der Waals surface area contributed by atoms with Crippen LogP contribution in [0, 0.1) is 5.92 Å². The normalized spacial score (nSPS) is 31.3. The van der Waals surface area contributed by atoms with Gasteiger partial charge in [-0.05, 0) is 65.7 Å². The van der Waals surface area contributed by atoms with E-state index < -0.39 is 17.2 Å². The first-order valence-corrected chi connectivity index (χ1v) is 8.20. The topological polar surface area (TPSA) is 96.5 Å². The molecule has 0 aromatic carbocycles. The molecule has 2 fully saturated rings. The number of ether oxygens (including phenoxy) is 1. The van der Waals surface area contributed by atoms with Crippen LogP contribution in [0.15, 0.2) is 0 Å². The van der Waals surface area contributed by atoms with Gasteiger partial charge in [0, 0.05) is 6.04 Å². The van der Waals surface area contributed by atoms with Gasteiger partial charge in [0.25, 0.3) is 5.91 Å². The quantitative estimate of drug-likeness (QED) is 0.692. The predicted molar refractivity (Wildman–Crippen MR) is 84.8 cm³/mol. The maximum absolute atomic E-state index is 11.9. The first-order valence-electron chi connectivity index (χ1n) is 8.20. The number of hydrogen-bond acceptors (Lipinski definition) is 4. The summed E-state index contributed by atoms with van der Waals surface area (Å²) in [6, 6.07) is -0.307. The molecule has 0 spiro atoms. The second-order valence-corrected chi connectivity index (χ2v) is 7.81. The van der Waals surface area contributed by atoms with Crippen LogP contribution in [0.5, 0.6) is 0 Å². The van der Waals surface area contributed by atoms with Crippen molar-refractivity contribution in [3.05, 3.63) is 0 Å². The molecule has 4 amide bonds. The maximum Gasteiger partial charge on any atom is 0.407 e. The van der Waals surface area contributed by atoms with Gasteiger partial charge in [-0.25, -0.2) is 9.59 Å². The summed E-state index contributed by atoms with van der Waals surface area (Å²) < 4.78 is 5.27. The van der Waals surface area contributed by atoms with Crippen LogP contribution in [0.1, 0.15) is 59.8 Å². The zero-order valence-corrected chi connectivity index (χ0v) is 14.3. The van der Waals surface area contributed by atoms with Crippen molar-refractivity contribution < 1.29 is 19.1 Å². The second-order valence-electron chi connectivity index (χ2n) is 7.81. The van der Waals surface area contributed by atoms with E-state index in [1.165, 1.54) is 0 Å². The third-order valence-corrected chi connectivity index (χ3v) is 4.38. The number of rotatable bonds is 3. The predicted octanol–water partition coefficient (Wildman–Crippen LogP) is 2.06. The van der Waals surface area contributed by atoms with Crippen molar-refractivity contribution in [2.45, 2.75) is 77.0 Å². The van der Waals surface area contributed by atoms with Crippen molar-refractivity contribution in [3.63, 3.8) is 0 Å². The summed E-state index contributed by atoms with van der Waals surface area (Å²) in [6.07, 6.45) is 3.79. The fourth-order valence-electron chi connectivity index (χ4n) is 3.29. The van der Waals surface area contributed by atoms with Crippen molar-refractivity contribution in [1.29, 1.82) is 0 Å². The molecule has 1 aliphatic heterocycles. The Morgan fingerprint density at radius 2 is 1.87 bits per heavy atom. The minimum atomic E-state index is -0.812. The number of carbonyl (C=O) groups excluding carboxylic acids is 3. The van der Waals surface area contributed by atoms with Crippen molar-refractivity contribution in [2.24, 2.45) is 5.92 Å². The fourth-order valence-corrected chi connectivity index (χ4v) is 3.29. The monoisotopic (exact) mass is 325 g/mol. The Balaban J connectivity index is 1.77. The summed E-state index contributed by atoms with van der Waals surface area (Å²) in [5.41, 5.74) is -1.31. The molecule has 3 N–H and O–H groups in total. The minimum absolute atomic E-state index is 0.112. The lowest BCUT2D eigenvalue weighted by Crippen LogP contribution is -2.46. The van der Waals surface area contributed by atoms with Gasteiger partial charge < -0.3 is 15.4 Å². The highest BCUT2D eigenvalue weighted by Crippen LogP contribution is 2.32. The molecule has 1 heterocycles. The Hall–Kier alpha value is -1.79. The van der Waals surface area contributed by atoms with Gasteiger partial charge in [-0.3, -0.25) is 10.1 Å².